The zero-order valence-electron chi connectivity index (χ0n) is 4.62. The van der Waals surface area contributed by atoms with Crippen LogP contribution in [0.4, 0.5) is 0 Å². The van der Waals surface area contributed by atoms with Gasteiger partial charge in [0.25, 0.3) is 0 Å². The van der Waals surface area contributed by atoms with Gasteiger partial charge in [-0.2, -0.15) is 0 Å². The molecule has 0 saturated heterocycles. The van der Waals surface area contributed by atoms with Crippen LogP contribution in [0.3, 0.4) is 0 Å². The first-order chi connectivity index (χ1) is 4.00. The molecule has 0 aliphatic carbocycles. The maximum Gasteiger partial charge on any atom is 0.115 e. The average Bonchev–Trinajstić information content (AvgIpc) is 1.96. The third-order valence-electron chi connectivity index (χ3n) is 0.478. The molecule has 0 bridgehead atoms. The van der Waals surface area contributed by atoms with Crippen molar-refractivity contribution < 1.29 is 0 Å². The molecule has 2 heteroatoms. The third kappa shape index (κ3) is 3.03. The van der Waals surface area contributed by atoms with E-state index < -0.39 is 0 Å². The molecule has 1 aromatic rings. The van der Waals surface area contributed by atoms with E-state index in [1.165, 1.54) is 6.33 Å². The van der Waals surface area contributed by atoms with Gasteiger partial charge in [-0.1, -0.05) is 0 Å². The molecular formula is C6H8N2. The quantitative estimate of drug-likeness (QED) is 0.468. The predicted molar refractivity (Wildman–Crippen MR) is 33.3 cm³/mol. The second-order valence-corrected chi connectivity index (χ2v) is 0.904. The highest BCUT2D eigenvalue weighted by molar-refractivity contribution is 4.74. The first kappa shape index (κ1) is 6.82. The minimum Gasteiger partial charge on any atom is -0.245 e. The molecule has 0 aromatic carbocycles. The molecule has 1 rings (SSSR count). The van der Waals surface area contributed by atoms with Crippen LogP contribution in [0.1, 0.15) is 0 Å². The van der Waals surface area contributed by atoms with Gasteiger partial charge < -0.3 is 0 Å². The number of aromatic nitrogens is 2. The largest absolute Gasteiger partial charge is 0.245 e. The fourth-order valence-electron chi connectivity index (χ4n) is 0.253. The first-order valence-corrected chi connectivity index (χ1v) is 2.20. The zero-order chi connectivity index (χ0) is 6.24. The van der Waals surface area contributed by atoms with Gasteiger partial charge in [0, 0.05) is 12.4 Å². The van der Waals surface area contributed by atoms with Crippen molar-refractivity contribution in [1.82, 2.24) is 9.97 Å². The lowest BCUT2D eigenvalue weighted by Crippen LogP contribution is -1.66. The summed E-state index contributed by atoms with van der Waals surface area (Å²) in [6, 6.07) is 1.78. The Bertz CT molecular complexity index is 89.4. The lowest BCUT2D eigenvalue weighted by atomic mass is 10.7. The van der Waals surface area contributed by atoms with Gasteiger partial charge in [0.2, 0.25) is 0 Å². The van der Waals surface area contributed by atoms with E-state index in [-0.39, 0.29) is 0 Å². The maximum atomic E-state index is 3.67. The van der Waals surface area contributed by atoms with Crippen LogP contribution in [-0.4, -0.2) is 9.97 Å². The van der Waals surface area contributed by atoms with Crippen molar-refractivity contribution in [2.24, 2.45) is 0 Å². The summed E-state index contributed by atoms with van der Waals surface area (Å²) in [5.74, 6) is 0. The van der Waals surface area contributed by atoms with Crippen LogP contribution in [0.15, 0.2) is 37.9 Å². The minimum atomic E-state index is 1.50. The summed E-state index contributed by atoms with van der Waals surface area (Å²) in [6.07, 6.45) is 4.88. The number of hydrogen-bond donors (Lipinski definition) is 0. The molecule has 2 nitrogen and oxygen atoms in total. The molecule has 1 aromatic heterocycles. The Hall–Kier alpha value is -1.18. The van der Waals surface area contributed by atoms with Crippen LogP contribution in [-0.2, 0) is 0 Å². The van der Waals surface area contributed by atoms with Gasteiger partial charge in [-0.25, -0.2) is 9.97 Å². The highest BCUT2D eigenvalue weighted by Crippen LogP contribution is 1.66. The van der Waals surface area contributed by atoms with Gasteiger partial charge in [0.15, 0.2) is 0 Å². The predicted octanol–water partition coefficient (Wildman–Crippen LogP) is 1.28. The summed E-state index contributed by atoms with van der Waals surface area (Å²) in [6.45, 7) is 6.00. The van der Waals surface area contributed by atoms with Crippen LogP contribution in [0.25, 0.3) is 0 Å². The van der Waals surface area contributed by atoms with Gasteiger partial charge in [-0.3, -0.25) is 0 Å². The smallest absolute Gasteiger partial charge is 0.115 e. The van der Waals surface area contributed by atoms with E-state index in [2.05, 4.69) is 23.1 Å². The molecule has 0 amide bonds. The van der Waals surface area contributed by atoms with Gasteiger partial charge in [-0.05, 0) is 6.07 Å². The monoisotopic (exact) mass is 108 g/mol. The molecule has 0 spiro atoms. The Labute approximate surface area is 48.9 Å². The molecule has 1 heterocycles. The summed E-state index contributed by atoms with van der Waals surface area (Å²) in [5, 5.41) is 0. The lowest BCUT2D eigenvalue weighted by Gasteiger charge is -1.70. The SMILES string of the molecule is C=C.c1cncnc1. The van der Waals surface area contributed by atoms with Crippen LogP contribution in [0.2, 0.25) is 0 Å². The van der Waals surface area contributed by atoms with E-state index in [0.29, 0.717) is 0 Å². The van der Waals surface area contributed by atoms with Crippen molar-refractivity contribution >= 4 is 0 Å². The molecule has 8 heavy (non-hydrogen) atoms. The van der Waals surface area contributed by atoms with Crippen molar-refractivity contribution in [2.75, 3.05) is 0 Å². The van der Waals surface area contributed by atoms with Crippen molar-refractivity contribution in [3.8, 4) is 0 Å². The van der Waals surface area contributed by atoms with Gasteiger partial charge in [0.1, 0.15) is 6.33 Å². The van der Waals surface area contributed by atoms with Crippen molar-refractivity contribution in [3.63, 3.8) is 0 Å². The molecule has 42 valence electrons. The Morgan fingerprint density at radius 1 is 1.00 bits per heavy atom. The van der Waals surface area contributed by atoms with Crippen LogP contribution in [0, 0.1) is 0 Å². The molecule has 0 saturated carbocycles. The fraction of sp³-hybridized carbons (Fsp3) is 0. The van der Waals surface area contributed by atoms with Gasteiger partial charge in [0.05, 0.1) is 0 Å². The fourth-order valence-corrected chi connectivity index (χ4v) is 0.253. The minimum absolute atomic E-state index is 1.50. The summed E-state index contributed by atoms with van der Waals surface area (Å²) < 4.78 is 0. The standard InChI is InChI=1S/C4H4N2.C2H4/c1-2-5-4-6-3-1;1-2/h1-4H;1-2H2. The summed E-state index contributed by atoms with van der Waals surface area (Å²) in [7, 11) is 0. The summed E-state index contributed by atoms with van der Waals surface area (Å²) in [4.78, 5) is 7.35. The normalized spacial score (nSPS) is 6.50. The van der Waals surface area contributed by atoms with Crippen LogP contribution < -0.4 is 0 Å². The molecule has 0 fully saturated rings. The average molecular weight is 108 g/mol. The molecule has 0 aliphatic heterocycles. The van der Waals surface area contributed by atoms with Crippen molar-refractivity contribution in [2.45, 2.75) is 0 Å². The van der Waals surface area contributed by atoms with Gasteiger partial charge >= 0.3 is 0 Å². The molecule has 0 unspecified atom stereocenters. The number of hydrogen-bond acceptors (Lipinski definition) is 2. The van der Waals surface area contributed by atoms with Gasteiger partial charge in [-0.15, -0.1) is 13.2 Å². The third-order valence-corrected chi connectivity index (χ3v) is 0.478. The Morgan fingerprint density at radius 3 is 1.62 bits per heavy atom. The number of nitrogens with zero attached hydrogens (tertiary/aromatic N) is 2. The highest BCUT2D eigenvalue weighted by atomic mass is 14.8. The molecule has 0 aliphatic rings. The van der Waals surface area contributed by atoms with E-state index in [9.17, 15) is 0 Å². The Balaban J connectivity index is 0.000000222. The maximum absolute atomic E-state index is 3.67. The van der Waals surface area contributed by atoms with E-state index in [4.69, 9.17) is 0 Å². The lowest BCUT2D eigenvalue weighted by molar-refractivity contribution is 1.17. The molecular weight excluding hydrogens is 100 g/mol. The highest BCUT2D eigenvalue weighted by Gasteiger charge is 1.59. The topological polar surface area (TPSA) is 25.8 Å². The van der Waals surface area contributed by atoms with Crippen LogP contribution in [0.5, 0.6) is 0 Å². The van der Waals surface area contributed by atoms with E-state index in [0.717, 1.165) is 0 Å². The van der Waals surface area contributed by atoms with E-state index in [1.807, 2.05) is 0 Å². The Kier molecular flexibility index (Phi) is 4.96. The molecule has 0 radical (unpaired) electrons. The summed E-state index contributed by atoms with van der Waals surface area (Å²) >= 11 is 0. The van der Waals surface area contributed by atoms with Crippen LogP contribution >= 0.6 is 0 Å². The molecule has 0 atom stereocenters. The second kappa shape index (κ2) is 5.82. The Morgan fingerprint density at radius 2 is 1.50 bits per heavy atom. The van der Waals surface area contributed by atoms with Crippen molar-refractivity contribution in [3.05, 3.63) is 37.9 Å². The van der Waals surface area contributed by atoms with Crippen molar-refractivity contribution in [1.29, 1.82) is 0 Å². The van der Waals surface area contributed by atoms with E-state index in [1.54, 1.807) is 18.5 Å². The first-order valence-electron chi connectivity index (χ1n) is 2.20. The van der Waals surface area contributed by atoms with E-state index >= 15 is 0 Å². The molecule has 0 N–H and O–H groups in total. The summed E-state index contributed by atoms with van der Waals surface area (Å²) in [5.41, 5.74) is 0. The zero-order valence-corrected chi connectivity index (χ0v) is 4.62. The number of rotatable bonds is 0. The second-order valence-electron chi connectivity index (χ2n) is 0.904.